The number of thiophene rings is 1. The molecule has 0 bridgehead atoms. The summed E-state index contributed by atoms with van der Waals surface area (Å²) < 4.78 is 10.9. The number of methoxy groups -OCH3 is 2. The largest absolute Gasteiger partial charge is 0.497 e. The van der Waals surface area contributed by atoms with Crippen molar-refractivity contribution in [3.63, 3.8) is 0 Å². The van der Waals surface area contributed by atoms with Crippen molar-refractivity contribution in [3.05, 3.63) is 40.8 Å². The molecule has 4 N–H and O–H groups in total. The van der Waals surface area contributed by atoms with Gasteiger partial charge in [0.15, 0.2) is 6.54 Å². The van der Waals surface area contributed by atoms with Crippen LogP contribution in [0.5, 0.6) is 11.5 Å². The first-order valence-electron chi connectivity index (χ1n) is 8.77. The Morgan fingerprint density at radius 3 is 2.81 bits per heavy atom. The zero-order valence-electron chi connectivity index (χ0n) is 15.4. The van der Waals surface area contributed by atoms with Crippen molar-refractivity contribution in [1.29, 1.82) is 0 Å². The minimum absolute atomic E-state index is 0.135. The molecule has 0 spiro atoms. The van der Waals surface area contributed by atoms with Crippen LogP contribution in [0.4, 0.5) is 5.00 Å². The maximum atomic E-state index is 12.6. The Labute approximate surface area is 162 Å². The van der Waals surface area contributed by atoms with Gasteiger partial charge in [-0.2, -0.15) is 0 Å². The smallest absolute Gasteiger partial charge is 0.280 e. The van der Waals surface area contributed by atoms with Crippen molar-refractivity contribution in [1.82, 2.24) is 0 Å². The Morgan fingerprint density at radius 1 is 1.30 bits per heavy atom. The van der Waals surface area contributed by atoms with Gasteiger partial charge >= 0.3 is 0 Å². The van der Waals surface area contributed by atoms with Gasteiger partial charge in [-0.3, -0.25) is 9.59 Å². The molecular weight excluding hydrogens is 366 g/mol. The van der Waals surface area contributed by atoms with Gasteiger partial charge in [0.1, 0.15) is 22.5 Å². The molecule has 1 fully saturated rings. The van der Waals surface area contributed by atoms with Crippen molar-refractivity contribution < 1.29 is 24.0 Å². The lowest BCUT2D eigenvalue weighted by molar-refractivity contribution is -0.910. The van der Waals surface area contributed by atoms with E-state index in [0.717, 1.165) is 41.3 Å². The summed E-state index contributed by atoms with van der Waals surface area (Å²) in [5, 5.41) is 5.06. The third-order valence-electron chi connectivity index (χ3n) is 4.87. The van der Waals surface area contributed by atoms with Crippen LogP contribution in [0.3, 0.4) is 0 Å². The molecule has 2 heterocycles. The van der Waals surface area contributed by atoms with Crippen LogP contribution in [0.1, 0.15) is 34.8 Å². The van der Waals surface area contributed by atoms with E-state index in [9.17, 15) is 9.59 Å². The second-order valence-electron chi connectivity index (χ2n) is 6.46. The van der Waals surface area contributed by atoms with Gasteiger partial charge in [-0.1, -0.05) is 0 Å². The summed E-state index contributed by atoms with van der Waals surface area (Å²) in [6.07, 6.45) is 2.00. The number of quaternary nitrogens is 1. The summed E-state index contributed by atoms with van der Waals surface area (Å²) in [6.45, 7) is 1.20. The van der Waals surface area contributed by atoms with Gasteiger partial charge in [0.2, 0.25) is 0 Å². The van der Waals surface area contributed by atoms with Crippen LogP contribution in [0.15, 0.2) is 29.6 Å². The highest BCUT2D eigenvalue weighted by Crippen LogP contribution is 2.31. The molecule has 1 saturated heterocycles. The summed E-state index contributed by atoms with van der Waals surface area (Å²) in [7, 11) is 3.28. The molecular formula is C19H24N3O4S+. The molecule has 3 rings (SSSR count). The fraction of sp³-hybridized carbons (Fsp3) is 0.368. The van der Waals surface area contributed by atoms with Gasteiger partial charge in [-0.15, -0.1) is 11.3 Å². The number of nitrogens with two attached hydrogens (primary N) is 1. The fourth-order valence-electron chi connectivity index (χ4n) is 3.59. The van der Waals surface area contributed by atoms with Gasteiger partial charge in [-0.25, -0.2) is 0 Å². The minimum atomic E-state index is -0.543. The number of rotatable bonds is 7. The molecule has 144 valence electrons. The standard InChI is InChI=1S/C19H23N3O4S/c1-25-12-5-6-16(26-2)14(10-12)15-4-3-8-22(15)11-17(23)21-19-13(18(20)24)7-9-27-19/h5-7,9-10,15H,3-4,8,11H2,1-2H3,(H2,20,24)(H,21,23)/p+1/t15-/m0/s1. The van der Waals surface area contributed by atoms with Crippen LogP contribution in [-0.2, 0) is 4.79 Å². The van der Waals surface area contributed by atoms with Crippen LogP contribution in [0, 0.1) is 0 Å². The minimum Gasteiger partial charge on any atom is -0.497 e. The number of hydrogen-bond acceptors (Lipinski definition) is 5. The molecule has 1 unspecified atom stereocenters. The summed E-state index contributed by atoms with van der Waals surface area (Å²) >= 11 is 1.29. The molecule has 1 aromatic heterocycles. The average molecular weight is 390 g/mol. The number of likely N-dealkylation sites (tertiary alicyclic amines) is 1. The highest BCUT2D eigenvalue weighted by atomic mass is 32.1. The molecule has 0 saturated carbocycles. The summed E-state index contributed by atoms with van der Waals surface area (Å²) in [6, 6.07) is 7.52. The zero-order valence-corrected chi connectivity index (χ0v) is 16.2. The molecule has 2 aromatic rings. The predicted octanol–water partition coefficient (Wildman–Crippen LogP) is 1.22. The lowest BCUT2D eigenvalue weighted by Crippen LogP contribution is -3.11. The first-order valence-corrected chi connectivity index (χ1v) is 9.65. The number of primary amides is 1. The first-order chi connectivity index (χ1) is 13.0. The number of carbonyl (C=O) groups is 2. The first kappa shape index (κ1) is 19.2. The molecule has 1 aromatic carbocycles. The van der Waals surface area contributed by atoms with Gasteiger partial charge in [0.25, 0.3) is 11.8 Å². The lowest BCUT2D eigenvalue weighted by atomic mass is 10.0. The van der Waals surface area contributed by atoms with Crippen molar-refractivity contribution in [2.75, 3.05) is 32.6 Å². The summed E-state index contributed by atoms with van der Waals surface area (Å²) in [5.41, 5.74) is 6.73. The quantitative estimate of drug-likeness (QED) is 0.663. The highest BCUT2D eigenvalue weighted by Gasteiger charge is 2.34. The predicted molar refractivity (Wildman–Crippen MR) is 104 cm³/mol. The molecule has 1 aliphatic heterocycles. The highest BCUT2D eigenvalue weighted by molar-refractivity contribution is 7.14. The normalized spacial score (nSPS) is 18.9. The molecule has 1 aliphatic rings. The van der Waals surface area contributed by atoms with Crippen LogP contribution in [0.25, 0.3) is 0 Å². The monoisotopic (exact) mass is 390 g/mol. The molecule has 2 amide bonds. The molecule has 7 nitrogen and oxygen atoms in total. The van der Waals surface area contributed by atoms with Gasteiger partial charge in [0.05, 0.1) is 31.9 Å². The molecule has 0 aliphatic carbocycles. The van der Waals surface area contributed by atoms with Crippen LogP contribution >= 0.6 is 11.3 Å². The van der Waals surface area contributed by atoms with E-state index in [1.165, 1.54) is 11.3 Å². The maximum absolute atomic E-state index is 12.6. The van der Waals surface area contributed by atoms with Crippen molar-refractivity contribution in [3.8, 4) is 11.5 Å². The zero-order chi connectivity index (χ0) is 19.4. The van der Waals surface area contributed by atoms with Crippen LogP contribution < -0.4 is 25.4 Å². The number of carbonyl (C=O) groups excluding carboxylic acids is 2. The third kappa shape index (κ3) is 4.23. The second kappa shape index (κ2) is 8.41. The van der Waals surface area contributed by atoms with E-state index in [1.54, 1.807) is 25.7 Å². The number of nitrogens with one attached hydrogen (secondary N) is 2. The topological polar surface area (TPSA) is 95.1 Å². The van der Waals surface area contributed by atoms with Gasteiger partial charge in [0, 0.05) is 12.8 Å². The van der Waals surface area contributed by atoms with Gasteiger partial charge in [-0.05, 0) is 29.6 Å². The number of hydrogen-bond donors (Lipinski definition) is 3. The average Bonchev–Trinajstić information content (AvgIpc) is 3.30. The van der Waals surface area contributed by atoms with E-state index in [0.29, 0.717) is 17.1 Å². The van der Waals surface area contributed by atoms with Crippen molar-refractivity contribution >= 4 is 28.2 Å². The Kier molecular flexibility index (Phi) is 5.98. The number of ether oxygens (including phenoxy) is 2. The van der Waals surface area contributed by atoms with Crippen molar-refractivity contribution in [2.45, 2.75) is 18.9 Å². The Morgan fingerprint density at radius 2 is 2.11 bits per heavy atom. The van der Waals surface area contributed by atoms with E-state index in [-0.39, 0.29) is 11.9 Å². The van der Waals surface area contributed by atoms with E-state index >= 15 is 0 Å². The Hall–Kier alpha value is -2.58. The van der Waals surface area contributed by atoms with E-state index in [2.05, 4.69) is 5.32 Å². The summed E-state index contributed by atoms with van der Waals surface area (Å²) in [5.74, 6) is 0.892. The van der Waals surface area contributed by atoms with Crippen molar-refractivity contribution in [2.24, 2.45) is 5.73 Å². The lowest BCUT2D eigenvalue weighted by Gasteiger charge is -2.23. The van der Waals surface area contributed by atoms with E-state index in [4.69, 9.17) is 15.2 Å². The second-order valence-corrected chi connectivity index (χ2v) is 7.38. The van der Waals surface area contributed by atoms with Gasteiger partial charge < -0.3 is 25.4 Å². The molecule has 27 heavy (non-hydrogen) atoms. The molecule has 8 heteroatoms. The Balaban J connectivity index is 1.74. The van der Waals surface area contributed by atoms with Crippen LogP contribution in [0.2, 0.25) is 0 Å². The number of benzene rings is 1. The molecule has 0 radical (unpaired) electrons. The fourth-order valence-corrected chi connectivity index (χ4v) is 4.40. The number of anilines is 1. The van der Waals surface area contributed by atoms with E-state index < -0.39 is 5.91 Å². The Bertz CT molecular complexity index is 836. The number of amides is 2. The SMILES string of the molecule is COc1ccc(OC)c([C@@H]2CCC[NH+]2CC(=O)Nc2sccc2C(N)=O)c1. The van der Waals surface area contributed by atoms with E-state index in [1.807, 2.05) is 18.2 Å². The third-order valence-corrected chi connectivity index (χ3v) is 5.70. The molecule has 2 atom stereocenters. The van der Waals surface area contributed by atoms with Crippen LogP contribution in [-0.4, -0.2) is 39.1 Å². The summed E-state index contributed by atoms with van der Waals surface area (Å²) in [4.78, 5) is 25.1. The maximum Gasteiger partial charge on any atom is 0.280 e.